The standard InChI is InChI=1S/C21H17ClN2O4/c1-12(2)17-9-21(26)28-19-8-15(5-6-16(17)19)27-11-20(25)24-14-4-3-13(10-23)18(22)7-14/h3-9,12H,11H2,1-2H3,(H,24,25). The second-order valence-corrected chi connectivity index (χ2v) is 6.88. The Labute approximate surface area is 166 Å². The summed E-state index contributed by atoms with van der Waals surface area (Å²) in [5.41, 5.74) is 1.67. The Morgan fingerprint density at radius 2 is 2.04 bits per heavy atom. The van der Waals surface area contributed by atoms with Crippen molar-refractivity contribution >= 4 is 34.2 Å². The Morgan fingerprint density at radius 3 is 2.71 bits per heavy atom. The Bertz CT molecular complexity index is 1150. The molecule has 1 amide bonds. The van der Waals surface area contributed by atoms with E-state index in [2.05, 4.69) is 5.32 Å². The zero-order chi connectivity index (χ0) is 20.3. The number of carbonyl (C=O) groups excluding carboxylic acids is 1. The summed E-state index contributed by atoms with van der Waals surface area (Å²) >= 11 is 5.95. The van der Waals surface area contributed by atoms with Crippen LogP contribution < -0.4 is 15.7 Å². The van der Waals surface area contributed by atoms with Crippen molar-refractivity contribution in [3.8, 4) is 11.8 Å². The van der Waals surface area contributed by atoms with E-state index >= 15 is 0 Å². The molecule has 0 bridgehead atoms. The minimum atomic E-state index is -0.427. The van der Waals surface area contributed by atoms with Crippen molar-refractivity contribution in [2.45, 2.75) is 19.8 Å². The molecule has 1 N–H and O–H groups in total. The maximum absolute atomic E-state index is 12.1. The molecular formula is C21H17ClN2O4. The second kappa shape index (κ2) is 8.15. The van der Waals surface area contributed by atoms with E-state index < -0.39 is 11.5 Å². The van der Waals surface area contributed by atoms with Gasteiger partial charge in [0.25, 0.3) is 5.91 Å². The van der Waals surface area contributed by atoms with Gasteiger partial charge in [0.2, 0.25) is 0 Å². The molecule has 0 fully saturated rings. The minimum absolute atomic E-state index is 0.170. The normalized spacial score (nSPS) is 10.7. The first-order valence-corrected chi connectivity index (χ1v) is 8.95. The maximum atomic E-state index is 12.1. The summed E-state index contributed by atoms with van der Waals surface area (Å²) in [4.78, 5) is 23.9. The summed E-state index contributed by atoms with van der Waals surface area (Å²) in [6.45, 7) is 3.76. The highest BCUT2D eigenvalue weighted by Crippen LogP contribution is 2.27. The molecule has 0 spiro atoms. The summed E-state index contributed by atoms with van der Waals surface area (Å²) in [6.07, 6.45) is 0. The summed E-state index contributed by atoms with van der Waals surface area (Å²) in [7, 11) is 0. The van der Waals surface area contributed by atoms with E-state index in [1.807, 2.05) is 19.9 Å². The van der Waals surface area contributed by atoms with E-state index in [1.54, 1.807) is 24.3 Å². The Hall–Kier alpha value is -3.30. The average Bonchev–Trinajstić information content (AvgIpc) is 2.65. The van der Waals surface area contributed by atoms with Gasteiger partial charge in [-0.3, -0.25) is 4.79 Å². The Kier molecular flexibility index (Phi) is 5.67. The van der Waals surface area contributed by atoms with Gasteiger partial charge in [-0.1, -0.05) is 25.4 Å². The monoisotopic (exact) mass is 396 g/mol. The molecule has 0 radical (unpaired) electrons. The number of hydrogen-bond acceptors (Lipinski definition) is 5. The van der Waals surface area contributed by atoms with Crippen molar-refractivity contribution < 1.29 is 13.9 Å². The van der Waals surface area contributed by atoms with Crippen LogP contribution in [-0.4, -0.2) is 12.5 Å². The van der Waals surface area contributed by atoms with Gasteiger partial charge in [0.15, 0.2) is 6.61 Å². The van der Waals surface area contributed by atoms with E-state index in [9.17, 15) is 9.59 Å². The van der Waals surface area contributed by atoms with E-state index in [4.69, 9.17) is 26.0 Å². The molecule has 0 saturated carbocycles. The van der Waals surface area contributed by atoms with Gasteiger partial charge >= 0.3 is 5.63 Å². The van der Waals surface area contributed by atoms with Crippen LogP contribution in [0.3, 0.4) is 0 Å². The molecule has 0 unspecified atom stereocenters. The lowest BCUT2D eigenvalue weighted by Crippen LogP contribution is -2.20. The van der Waals surface area contributed by atoms with E-state index in [1.165, 1.54) is 18.2 Å². The number of fused-ring (bicyclic) bond motifs is 1. The van der Waals surface area contributed by atoms with Gasteiger partial charge in [0.05, 0.1) is 10.6 Å². The summed E-state index contributed by atoms with van der Waals surface area (Å²) in [6, 6.07) is 13.2. The first-order valence-electron chi connectivity index (χ1n) is 8.57. The SMILES string of the molecule is CC(C)c1cc(=O)oc2cc(OCC(=O)Nc3ccc(C#N)c(Cl)c3)ccc12. The van der Waals surface area contributed by atoms with E-state index in [-0.39, 0.29) is 17.5 Å². The molecule has 7 heteroatoms. The summed E-state index contributed by atoms with van der Waals surface area (Å²) in [5, 5.41) is 12.6. The number of ether oxygens (including phenoxy) is 1. The number of nitrogens with zero attached hydrogens (tertiary/aromatic N) is 1. The number of rotatable bonds is 5. The van der Waals surface area contributed by atoms with Crippen molar-refractivity contribution in [3.05, 3.63) is 69.0 Å². The van der Waals surface area contributed by atoms with Crippen LogP contribution in [0.4, 0.5) is 5.69 Å². The Balaban J connectivity index is 1.71. The van der Waals surface area contributed by atoms with Crippen LogP contribution in [0.15, 0.2) is 51.7 Å². The van der Waals surface area contributed by atoms with Gasteiger partial charge in [-0.05, 0) is 41.8 Å². The van der Waals surface area contributed by atoms with Crippen molar-refractivity contribution in [2.75, 3.05) is 11.9 Å². The Morgan fingerprint density at radius 1 is 1.25 bits per heavy atom. The van der Waals surface area contributed by atoms with Crippen molar-refractivity contribution in [2.24, 2.45) is 0 Å². The van der Waals surface area contributed by atoms with Crippen LogP contribution in [0.25, 0.3) is 11.0 Å². The largest absolute Gasteiger partial charge is 0.484 e. The number of nitriles is 1. The molecular weight excluding hydrogens is 380 g/mol. The minimum Gasteiger partial charge on any atom is -0.484 e. The van der Waals surface area contributed by atoms with Crippen molar-refractivity contribution in [1.29, 1.82) is 5.26 Å². The van der Waals surface area contributed by atoms with Gasteiger partial charge < -0.3 is 14.5 Å². The predicted octanol–water partition coefficient (Wildman–Crippen LogP) is 4.46. The van der Waals surface area contributed by atoms with Crippen LogP contribution >= 0.6 is 11.6 Å². The highest BCUT2D eigenvalue weighted by molar-refractivity contribution is 6.32. The van der Waals surface area contributed by atoms with Crippen LogP contribution in [0.2, 0.25) is 5.02 Å². The molecule has 1 heterocycles. The third-order valence-electron chi connectivity index (χ3n) is 4.11. The molecule has 0 saturated heterocycles. The van der Waals surface area contributed by atoms with Gasteiger partial charge in [0, 0.05) is 23.2 Å². The number of amides is 1. The van der Waals surface area contributed by atoms with Gasteiger partial charge in [0.1, 0.15) is 17.4 Å². The molecule has 3 rings (SSSR count). The molecule has 142 valence electrons. The number of hydrogen-bond donors (Lipinski definition) is 1. The number of benzene rings is 2. The predicted molar refractivity (Wildman–Crippen MR) is 107 cm³/mol. The van der Waals surface area contributed by atoms with E-state index in [0.29, 0.717) is 22.6 Å². The molecule has 2 aromatic carbocycles. The van der Waals surface area contributed by atoms with Crippen LogP contribution in [0, 0.1) is 11.3 Å². The highest BCUT2D eigenvalue weighted by Gasteiger charge is 2.11. The molecule has 3 aromatic rings. The fourth-order valence-corrected chi connectivity index (χ4v) is 2.99. The molecule has 0 atom stereocenters. The van der Waals surface area contributed by atoms with E-state index in [0.717, 1.165) is 10.9 Å². The summed E-state index contributed by atoms with van der Waals surface area (Å²) in [5.74, 6) is 0.186. The lowest BCUT2D eigenvalue weighted by molar-refractivity contribution is -0.118. The molecule has 0 aliphatic rings. The average molecular weight is 397 g/mol. The zero-order valence-corrected chi connectivity index (χ0v) is 16.0. The lowest BCUT2D eigenvalue weighted by Gasteiger charge is -2.11. The van der Waals surface area contributed by atoms with Crippen molar-refractivity contribution in [1.82, 2.24) is 0 Å². The third-order valence-corrected chi connectivity index (χ3v) is 4.43. The van der Waals surface area contributed by atoms with Crippen LogP contribution in [0.5, 0.6) is 5.75 Å². The number of halogens is 1. The van der Waals surface area contributed by atoms with Crippen LogP contribution in [-0.2, 0) is 4.79 Å². The highest BCUT2D eigenvalue weighted by atomic mass is 35.5. The van der Waals surface area contributed by atoms with Crippen LogP contribution in [0.1, 0.15) is 30.9 Å². The van der Waals surface area contributed by atoms with Gasteiger partial charge in [-0.15, -0.1) is 0 Å². The maximum Gasteiger partial charge on any atom is 0.336 e. The topological polar surface area (TPSA) is 92.3 Å². The number of nitrogens with one attached hydrogen (secondary N) is 1. The smallest absolute Gasteiger partial charge is 0.336 e. The number of carbonyl (C=O) groups is 1. The fourth-order valence-electron chi connectivity index (χ4n) is 2.77. The first-order chi connectivity index (χ1) is 13.4. The zero-order valence-electron chi connectivity index (χ0n) is 15.3. The second-order valence-electron chi connectivity index (χ2n) is 6.48. The molecule has 6 nitrogen and oxygen atoms in total. The summed E-state index contributed by atoms with van der Waals surface area (Å²) < 4.78 is 10.8. The quantitative estimate of drug-likeness (QED) is 0.643. The molecule has 1 aromatic heterocycles. The lowest BCUT2D eigenvalue weighted by atomic mass is 10.00. The molecule has 0 aliphatic heterocycles. The van der Waals surface area contributed by atoms with Gasteiger partial charge in [-0.25, -0.2) is 4.79 Å². The first kappa shape index (κ1) is 19.5. The van der Waals surface area contributed by atoms with Crippen molar-refractivity contribution in [3.63, 3.8) is 0 Å². The molecule has 28 heavy (non-hydrogen) atoms. The molecule has 0 aliphatic carbocycles. The fraction of sp³-hybridized carbons (Fsp3) is 0.190. The number of anilines is 1. The third kappa shape index (κ3) is 4.33. The van der Waals surface area contributed by atoms with Gasteiger partial charge in [-0.2, -0.15) is 5.26 Å².